The van der Waals surface area contributed by atoms with Crippen molar-refractivity contribution >= 4 is 27.2 Å². The van der Waals surface area contributed by atoms with Gasteiger partial charge in [0.05, 0.1) is 11.2 Å². The second kappa shape index (κ2) is 9.50. The van der Waals surface area contributed by atoms with Gasteiger partial charge in [-0.2, -0.15) is 13.4 Å². The number of ether oxygens (including phenoxy) is 1. The Kier molecular flexibility index (Phi) is 6.68. The van der Waals surface area contributed by atoms with Crippen LogP contribution in [0.15, 0.2) is 63.7 Å². The minimum absolute atomic E-state index is 0.0679. The molecular formula is C23H26FN3O5S. The van der Waals surface area contributed by atoms with Gasteiger partial charge >= 0.3 is 0 Å². The lowest BCUT2D eigenvalue weighted by atomic mass is 10.2. The second-order valence-corrected chi connectivity index (χ2v) is 9.79. The van der Waals surface area contributed by atoms with E-state index in [0.29, 0.717) is 28.8 Å². The van der Waals surface area contributed by atoms with E-state index < -0.39 is 16.3 Å². The van der Waals surface area contributed by atoms with Crippen molar-refractivity contribution in [3.05, 3.63) is 59.9 Å². The summed E-state index contributed by atoms with van der Waals surface area (Å²) >= 11 is 0. The molecule has 1 aliphatic heterocycles. The summed E-state index contributed by atoms with van der Waals surface area (Å²) in [6, 6.07) is 11.7. The van der Waals surface area contributed by atoms with E-state index in [9.17, 15) is 12.8 Å². The zero-order valence-electron chi connectivity index (χ0n) is 18.4. The zero-order chi connectivity index (χ0) is 23.6. The first-order chi connectivity index (χ1) is 15.7. The third-order valence-electron chi connectivity index (χ3n) is 5.49. The molecule has 1 unspecified atom stereocenters. The van der Waals surface area contributed by atoms with E-state index >= 15 is 0 Å². The number of nitrogens with zero attached hydrogens (tertiary/aromatic N) is 2. The third kappa shape index (κ3) is 5.35. The van der Waals surface area contributed by atoms with E-state index in [1.165, 1.54) is 12.1 Å². The SMILES string of the molecule is Cc1ccc(S(=O)(=O)OC(N)/C(=C\F)COc2ccc3nc(N4CC[C@@H](C)C4)oc3c2)cc1. The number of rotatable bonds is 8. The third-order valence-corrected chi connectivity index (χ3v) is 6.80. The Morgan fingerprint density at radius 1 is 1.33 bits per heavy atom. The van der Waals surface area contributed by atoms with E-state index in [2.05, 4.69) is 16.8 Å². The molecule has 1 saturated heterocycles. The van der Waals surface area contributed by atoms with Crippen molar-refractivity contribution in [1.82, 2.24) is 4.98 Å². The predicted octanol–water partition coefficient (Wildman–Crippen LogP) is 3.90. The number of nitrogens with two attached hydrogens (primary N) is 1. The Morgan fingerprint density at radius 3 is 2.76 bits per heavy atom. The van der Waals surface area contributed by atoms with Crippen LogP contribution in [0.1, 0.15) is 18.9 Å². The van der Waals surface area contributed by atoms with Gasteiger partial charge in [-0.05, 0) is 43.5 Å². The van der Waals surface area contributed by atoms with Gasteiger partial charge in [0.1, 0.15) is 17.9 Å². The summed E-state index contributed by atoms with van der Waals surface area (Å²) in [5.41, 5.74) is 7.74. The first-order valence-electron chi connectivity index (χ1n) is 10.6. The van der Waals surface area contributed by atoms with Crippen LogP contribution in [0.5, 0.6) is 5.75 Å². The molecule has 0 bridgehead atoms. The molecule has 2 aromatic carbocycles. The highest BCUT2D eigenvalue weighted by Crippen LogP contribution is 2.29. The van der Waals surface area contributed by atoms with Crippen molar-refractivity contribution in [2.24, 2.45) is 11.7 Å². The first kappa shape index (κ1) is 23.2. The number of anilines is 1. The quantitative estimate of drug-likeness (QED) is 0.386. The highest BCUT2D eigenvalue weighted by Gasteiger charge is 2.24. The van der Waals surface area contributed by atoms with Crippen LogP contribution in [-0.2, 0) is 14.3 Å². The summed E-state index contributed by atoms with van der Waals surface area (Å²) < 4.78 is 54.7. The Labute approximate surface area is 191 Å². The predicted molar refractivity (Wildman–Crippen MR) is 122 cm³/mol. The van der Waals surface area contributed by atoms with Crippen molar-refractivity contribution in [2.45, 2.75) is 31.4 Å². The molecule has 3 aromatic rings. The topological polar surface area (TPSA) is 108 Å². The monoisotopic (exact) mass is 475 g/mol. The Hall–Kier alpha value is -2.95. The molecular weight excluding hydrogens is 449 g/mol. The van der Waals surface area contributed by atoms with Crippen LogP contribution < -0.4 is 15.4 Å². The number of halogens is 1. The smallest absolute Gasteiger partial charge is 0.298 e. The number of aromatic nitrogens is 1. The summed E-state index contributed by atoms with van der Waals surface area (Å²) in [5, 5.41) is 0. The molecule has 1 fully saturated rings. The molecule has 2 heterocycles. The Balaban J connectivity index is 1.41. The van der Waals surface area contributed by atoms with Gasteiger partial charge in [-0.15, -0.1) is 0 Å². The van der Waals surface area contributed by atoms with Crippen LogP contribution >= 0.6 is 0 Å². The lowest BCUT2D eigenvalue weighted by Gasteiger charge is -2.16. The maximum absolute atomic E-state index is 13.5. The van der Waals surface area contributed by atoms with Crippen LogP contribution in [0.2, 0.25) is 0 Å². The van der Waals surface area contributed by atoms with Crippen LogP contribution in [0.3, 0.4) is 0 Å². The fourth-order valence-electron chi connectivity index (χ4n) is 3.53. The number of hydrogen-bond donors (Lipinski definition) is 1. The summed E-state index contributed by atoms with van der Waals surface area (Å²) in [6.07, 6.45) is -0.262. The number of aryl methyl sites for hydroxylation is 1. The fourth-order valence-corrected chi connectivity index (χ4v) is 4.50. The molecule has 4 rings (SSSR count). The van der Waals surface area contributed by atoms with Gasteiger partial charge in [-0.3, -0.25) is 0 Å². The molecule has 0 spiro atoms. The van der Waals surface area contributed by atoms with Crippen molar-refractivity contribution in [1.29, 1.82) is 0 Å². The largest absolute Gasteiger partial charge is 0.489 e. The molecule has 10 heteroatoms. The maximum Gasteiger partial charge on any atom is 0.298 e. The summed E-state index contributed by atoms with van der Waals surface area (Å²) in [6.45, 7) is 5.49. The minimum Gasteiger partial charge on any atom is -0.489 e. The molecule has 2 N–H and O–H groups in total. The van der Waals surface area contributed by atoms with Gasteiger partial charge in [-0.1, -0.05) is 24.6 Å². The van der Waals surface area contributed by atoms with E-state index in [1.54, 1.807) is 30.3 Å². The van der Waals surface area contributed by atoms with Gasteiger partial charge in [0.2, 0.25) is 0 Å². The number of hydrogen-bond acceptors (Lipinski definition) is 8. The van der Waals surface area contributed by atoms with Gasteiger partial charge in [0.25, 0.3) is 16.1 Å². The number of oxazole rings is 1. The van der Waals surface area contributed by atoms with Gasteiger partial charge in [-0.25, -0.2) is 8.57 Å². The van der Waals surface area contributed by atoms with Gasteiger partial charge in [0.15, 0.2) is 11.8 Å². The Morgan fingerprint density at radius 2 is 2.09 bits per heavy atom. The molecule has 1 aliphatic rings. The highest BCUT2D eigenvalue weighted by atomic mass is 32.2. The minimum atomic E-state index is -4.17. The maximum atomic E-state index is 13.5. The highest BCUT2D eigenvalue weighted by molar-refractivity contribution is 7.86. The summed E-state index contributed by atoms with van der Waals surface area (Å²) in [7, 11) is -4.17. The van der Waals surface area contributed by atoms with E-state index in [-0.39, 0.29) is 23.4 Å². The number of fused-ring (bicyclic) bond motifs is 1. The van der Waals surface area contributed by atoms with Crippen molar-refractivity contribution in [3.8, 4) is 5.75 Å². The number of benzene rings is 2. The van der Waals surface area contributed by atoms with Gasteiger partial charge < -0.3 is 19.8 Å². The standard InChI is InChI=1S/C23H26FN3O5S/c1-15-3-6-19(7-4-15)33(28,29)32-22(25)17(12-24)14-30-18-5-8-20-21(11-18)31-23(26-20)27-10-9-16(2)13-27/h3-8,11-12,16,22H,9-10,13-14,25H2,1-2H3/b17-12-/t16-,22?/m1/s1. The average molecular weight is 476 g/mol. The lowest BCUT2D eigenvalue weighted by molar-refractivity contribution is 0.225. The molecule has 1 aromatic heterocycles. The summed E-state index contributed by atoms with van der Waals surface area (Å²) in [4.78, 5) is 6.54. The summed E-state index contributed by atoms with van der Waals surface area (Å²) in [5.74, 6) is 0.985. The Bertz CT molecular complexity index is 1260. The van der Waals surface area contributed by atoms with Crippen molar-refractivity contribution in [3.63, 3.8) is 0 Å². The second-order valence-electron chi connectivity index (χ2n) is 8.22. The van der Waals surface area contributed by atoms with Crippen LogP contribution in [-0.4, -0.2) is 39.3 Å². The van der Waals surface area contributed by atoms with Crippen molar-refractivity contribution in [2.75, 3.05) is 24.6 Å². The molecule has 33 heavy (non-hydrogen) atoms. The average Bonchev–Trinajstić information content (AvgIpc) is 3.39. The molecule has 8 nitrogen and oxygen atoms in total. The van der Waals surface area contributed by atoms with E-state index in [4.69, 9.17) is 19.1 Å². The molecule has 176 valence electrons. The lowest BCUT2D eigenvalue weighted by Crippen LogP contribution is -2.31. The molecule has 0 amide bonds. The van der Waals surface area contributed by atoms with Crippen LogP contribution in [0, 0.1) is 12.8 Å². The normalized spacial score (nSPS) is 18.1. The zero-order valence-corrected chi connectivity index (χ0v) is 19.2. The van der Waals surface area contributed by atoms with Crippen LogP contribution in [0.25, 0.3) is 11.1 Å². The molecule has 2 atom stereocenters. The molecule has 0 aliphatic carbocycles. The van der Waals surface area contributed by atoms with Crippen LogP contribution in [0.4, 0.5) is 10.4 Å². The molecule has 0 radical (unpaired) electrons. The van der Waals surface area contributed by atoms with E-state index in [0.717, 1.165) is 25.1 Å². The van der Waals surface area contributed by atoms with Gasteiger partial charge in [0, 0.05) is 24.7 Å². The van der Waals surface area contributed by atoms with E-state index in [1.807, 2.05) is 6.92 Å². The van der Waals surface area contributed by atoms with Crippen molar-refractivity contribution < 1.29 is 26.1 Å². The fraction of sp³-hybridized carbons (Fsp3) is 0.348. The molecule has 0 saturated carbocycles. The first-order valence-corrected chi connectivity index (χ1v) is 12.0.